The fourth-order valence-corrected chi connectivity index (χ4v) is 3.43. The Morgan fingerprint density at radius 3 is 2.29 bits per heavy atom. The van der Waals surface area contributed by atoms with Gasteiger partial charge < -0.3 is 9.84 Å². The van der Waals surface area contributed by atoms with Crippen molar-refractivity contribution in [3.05, 3.63) is 10.3 Å². The number of aromatic nitrogens is 3. The van der Waals surface area contributed by atoms with Gasteiger partial charge >= 0.3 is 0 Å². The monoisotopic (exact) mass is 303 g/mol. The molecule has 5 nitrogen and oxygen atoms in total. The average Bonchev–Trinajstić information content (AvgIpc) is 2.49. The molecule has 1 aromatic rings. The minimum Gasteiger partial charge on any atom is -0.380 e. The minimum atomic E-state index is -1.10. The van der Waals surface area contributed by atoms with Crippen molar-refractivity contribution in [1.29, 1.82) is 0 Å². The highest BCUT2D eigenvalue weighted by atomic mass is 79.9. The van der Waals surface area contributed by atoms with E-state index in [9.17, 15) is 5.11 Å². The van der Waals surface area contributed by atoms with Crippen LogP contribution in [0.5, 0.6) is 0 Å². The Labute approximate surface area is 109 Å². The molecule has 1 fully saturated rings. The molecule has 0 spiro atoms. The molecule has 1 unspecified atom stereocenters. The summed E-state index contributed by atoms with van der Waals surface area (Å²) in [5.74, 6) is 0. The van der Waals surface area contributed by atoms with E-state index in [4.69, 9.17) is 4.74 Å². The van der Waals surface area contributed by atoms with Crippen molar-refractivity contribution in [2.45, 2.75) is 50.9 Å². The van der Waals surface area contributed by atoms with Crippen LogP contribution in [0.4, 0.5) is 0 Å². The third-order valence-electron chi connectivity index (χ3n) is 3.39. The normalized spacial score (nSPS) is 30.8. The number of ether oxygens (including phenoxy) is 1. The molecule has 0 amide bonds. The second kappa shape index (κ2) is 3.52. The number of rotatable bonds is 1. The topological polar surface area (TPSA) is 60.2 Å². The van der Waals surface area contributed by atoms with Gasteiger partial charge in [0.25, 0.3) is 0 Å². The van der Waals surface area contributed by atoms with Crippen molar-refractivity contribution in [3.63, 3.8) is 0 Å². The Bertz CT molecular complexity index is 436. The SMILES string of the molecule is Cn1nnc(Br)c1C1(O)CC(C)(C)OC1(C)C. The maximum absolute atomic E-state index is 11.0. The lowest BCUT2D eigenvalue weighted by Crippen LogP contribution is -2.45. The number of nitrogens with zero attached hydrogens (tertiary/aromatic N) is 3. The van der Waals surface area contributed by atoms with Crippen LogP contribution in [0, 0.1) is 0 Å². The molecule has 0 aromatic carbocycles. The average molecular weight is 304 g/mol. The van der Waals surface area contributed by atoms with Gasteiger partial charge in [-0.15, -0.1) is 5.10 Å². The van der Waals surface area contributed by atoms with Crippen LogP contribution in [0.2, 0.25) is 0 Å². The third kappa shape index (κ3) is 1.82. The van der Waals surface area contributed by atoms with Gasteiger partial charge in [0.1, 0.15) is 11.3 Å². The van der Waals surface area contributed by atoms with Crippen LogP contribution in [0.15, 0.2) is 4.60 Å². The molecule has 1 aliphatic rings. The zero-order valence-corrected chi connectivity index (χ0v) is 12.4. The number of aliphatic hydroxyl groups is 1. The number of hydrogen-bond acceptors (Lipinski definition) is 4. The van der Waals surface area contributed by atoms with E-state index < -0.39 is 11.2 Å². The van der Waals surface area contributed by atoms with E-state index in [2.05, 4.69) is 26.2 Å². The summed E-state index contributed by atoms with van der Waals surface area (Å²) in [4.78, 5) is 0. The van der Waals surface area contributed by atoms with Gasteiger partial charge in [-0.1, -0.05) is 5.21 Å². The molecular formula is C11H18BrN3O2. The van der Waals surface area contributed by atoms with Crippen molar-refractivity contribution < 1.29 is 9.84 Å². The molecule has 1 saturated heterocycles. The fraction of sp³-hybridized carbons (Fsp3) is 0.818. The first kappa shape index (κ1) is 13.0. The van der Waals surface area contributed by atoms with Gasteiger partial charge in [0.2, 0.25) is 0 Å². The lowest BCUT2D eigenvalue weighted by Gasteiger charge is -2.34. The molecule has 17 heavy (non-hydrogen) atoms. The summed E-state index contributed by atoms with van der Waals surface area (Å²) in [7, 11) is 1.77. The molecule has 0 saturated carbocycles. The van der Waals surface area contributed by atoms with Gasteiger partial charge in [-0.3, -0.25) is 0 Å². The van der Waals surface area contributed by atoms with E-state index in [-0.39, 0.29) is 5.60 Å². The predicted molar refractivity (Wildman–Crippen MR) is 66.5 cm³/mol. The quantitative estimate of drug-likeness (QED) is 0.858. The van der Waals surface area contributed by atoms with Crippen LogP contribution in [-0.4, -0.2) is 31.3 Å². The van der Waals surface area contributed by atoms with Gasteiger partial charge in [-0.05, 0) is 43.6 Å². The molecule has 1 N–H and O–H groups in total. The van der Waals surface area contributed by atoms with Crippen LogP contribution >= 0.6 is 15.9 Å². The Kier molecular flexibility index (Phi) is 2.69. The lowest BCUT2D eigenvalue weighted by atomic mass is 9.80. The molecule has 1 aliphatic heterocycles. The molecule has 1 aromatic heterocycles. The summed E-state index contributed by atoms with van der Waals surface area (Å²) in [6, 6.07) is 0. The van der Waals surface area contributed by atoms with Gasteiger partial charge in [0.05, 0.1) is 11.2 Å². The first-order valence-electron chi connectivity index (χ1n) is 5.57. The Morgan fingerprint density at radius 1 is 1.35 bits per heavy atom. The molecule has 1 atom stereocenters. The van der Waals surface area contributed by atoms with E-state index in [1.165, 1.54) is 0 Å². The lowest BCUT2D eigenvalue weighted by molar-refractivity contribution is -0.132. The van der Waals surface area contributed by atoms with Crippen molar-refractivity contribution >= 4 is 15.9 Å². The summed E-state index contributed by atoms with van der Waals surface area (Å²) in [6.07, 6.45) is 0.507. The zero-order valence-electron chi connectivity index (χ0n) is 10.8. The summed E-state index contributed by atoms with van der Waals surface area (Å²) in [5, 5.41) is 18.9. The first-order chi connectivity index (χ1) is 7.59. The highest BCUT2D eigenvalue weighted by molar-refractivity contribution is 9.10. The fourth-order valence-electron chi connectivity index (χ4n) is 2.78. The second-order valence-corrected chi connectivity index (χ2v) is 6.51. The first-order valence-corrected chi connectivity index (χ1v) is 6.37. The van der Waals surface area contributed by atoms with E-state index in [1.807, 2.05) is 27.7 Å². The Hall–Kier alpha value is -0.460. The van der Waals surface area contributed by atoms with Crippen LogP contribution in [-0.2, 0) is 17.4 Å². The van der Waals surface area contributed by atoms with Crippen LogP contribution < -0.4 is 0 Å². The highest BCUT2D eigenvalue weighted by Crippen LogP contribution is 2.51. The third-order valence-corrected chi connectivity index (χ3v) is 3.92. The molecule has 0 aliphatic carbocycles. The van der Waals surface area contributed by atoms with E-state index in [1.54, 1.807) is 11.7 Å². The maximum atomic E-state index is 11.0. The van der Waals surface area contributed by atoms with E-state index in [0.717, 1.165) is 0 Å². The van der Waals surface area contributed by atoms with Crippen molar-refractivity contribution in [3.8, 4) is 0 Å². The molecule has 2 rings (SSSR count). The Morgan fingerprint density at radius 2 is 1.94 bits per heavy atom. The predicted octanol–water partition coefficient (Wildman–Crippen LogP) is 1.74. The van der Waals surface area contributed by atoms with E-state index in [0.29, 0.717) is 16.7 Å². The molecule has 0 bridgehead atoms. The van der Waals surface area contributed by atoms with Crippen molar-refractivity contribution in [2.24, 2.45) is 7.05 Å². The van der Waals surface area contributed by atoms with Crippen LogP contribution in [0.25, 0.3) is 0 Å². The van der Waals surface area contributed by atoms with Gasteiger partial charge in [-0.25, -0.2) is 4.68 Å². The van der Waals surface area contributed by atoms with Gasteiger partial charge in [0, 0.05) is 13.5 Å². The standard InChI is InChI=1S/C11H18BrN3O2/c1-9(2)6-11(16,10(3,4)17-9)7-8(12)13-14-15(7)5/h16H,6H2,1-5H3. The number of halogens is 1. The summed E-state index contributed by atoms with van der Waals surface area (Å²) >= 11 is 3.34. The minimum absolute atomic E-state index is 0.373. The Balaban J connectivity index is 2.57. The molecule has 0 radical (unpaired) electrons. The molecule has 6 heteroatoms. The maximum Gasteiger partial charge on any atom is 0.154 e. The highest BCUT2D eigenvalue weighted by Gasteiger charge is 2.59. The van der Waals surface area contributed by atoms with Crippen molar-refractivity contribution in [1.82, 2.24) is 15.0 Å². The van der Waals surface area contributed by atoms with Gasteiger partial charge in [-0.2, -0.15) is 0 Å². The summed E-state index contributed by atoms with van der Waals surface area (Å²) < 4.78 is 8.11. The largest absolute Gasteiger partial charge is 0.380 e. The van der Waals surface area contributed by atoms with Crippen molar-refractivity contribution in [2.75, 3.05) is 0 Å². The van der Waals surface area contributed by atoms with Crippen LogP contribution in [0.1, 0.15) is 39.8 Å². The molecular weight excluding hydrogens is 286 g/mol. The van der Waals surface area contributed by atoms with Gasteiger partial charge in [0.15, 0.2) is 4.60 Å². The molecule has 96 valence electrons. The summed E-state index contributed by atoms with van der Waals surface area (Å²) in [6.45, 7) is 7.73. The van der Waals surface area contributed by atoms with E-state index >= 15 is 0 Å². The molecule has 2 heterocycles. The van der Waals surface area contributed by atoms with Crippen LogP contribution in [0.3, 0.4) is 0 Å². The zero-order chi connectivity index (χ0) is 13.1. The number of hydrogen-bond donors (Lipinski definition) is 1. The smallest absolute Gasteiger partial charge is 0.154 e. The number of aryl methyl sites for hydroxylation is 1. The summed E-state index contributed by atoms with van der Waals surface area (Å²) in [5.41, 5.74) is -1.50. The second-order valence-electron chi connectivity index (χ2n) is 5.76.